The van der Waals surface area contributed by atoms with Gasteiger partial charge in [0.25, 0.3) is 0 Å². The molecule has 0 aliphatic carbocycles. The fraction of sp³-hybridized carbons (Fsp3) is 0.417. The van der Waals surface area contributed by atoms with Crippen LogP contribution in [0.4, 0.5) is 0 Å². The first-order valence-corrected chi connectivity index (χ1v) is 7.17. The molecule has 1 saturated heterocycles. The first-order chi connectivity index (χ1) is 7.79. The Balaban J connectivity index is 1.94. The Hall–Kier alpha value is -0.831. The quantitative estimate of drug-likeness (QED) is 0.650. The van der Waals surface area contributed by atoms with Crippen LogP contribution in [0.25, 0.3) is 0 Å². The van der Waals surface area contributed by atoms with Crippen LogP contribution in [0.15, 0.2) is 30.3 Å². The van der Waals surface area contributed by atoms with Crippen molar-refractivity contribution < 1.29 is 14.6 Å². The van der Waals surface area contributed by atoms with Crippen LogP contribution in [0.5, 0.6) is 0 Å². The first-order valence-electron chi connectivity index (χ1n) is 5.32. The van der Waals surface area contributed by atoms with Crippen LogP contribution in [0, 0.1) is 0 Å². The van der Waals surface area contributed by atoms with Gasteiger partial charge in [0.2, 0.25) is 0 Å². The molecular formula is C12H14O3Se. The van der Waals surface area contributed by atoms with Crippen molar-refractivity contribution in [2.45, 2.75) is 23.8 Å². The normalized spacial score (nSPS) is 25.2. The van der Waals surface area contributed by atoms with E-state index in [1.807, 2.05) is 30.3 Å². The number of cyclic esters (lactones) is 1. The van der Waals surface area contributed by atoms with Crippen molar-refractivity contribution in [2.24, 2.45) is 0 Å². The van der Waals surface area contributed by atoms with E-state index in [1.54, 1.807) is 0 Å². The molecule has 3 nitrogen and oxygen atoms in total. The van der Waals surface area contributed by atoms with Gasteiger partial charge in [0.15, 0.2) is 0 Å². The van der Waals surface area contributed by atoms with Crippen molar-refractivity contribution in [2.75, 3.05) is 6.61 Å². The molecule has 16 heavy (non-hydrogen) atoms. The molecule has 1 aliphatic rings. The second-order valence-electron chi connectivity index (χ2n) is 3.74. The average molecular weight is 285 g/mol. The number of hydrogen-bond donors (Lipinski definition) is 1. The molecule has 0 saturated carbocycles. The number of carbonyl (C=O) groups excluding carboxylic acids is 1. The van der Waals surface area contributed by atoms with Gasteiger partial charge < -0.3 is 0 Å². The molecule has 1 aromatic rings. The van der Waals surface area contributed by atoms with E-state index >= 15 is 0 Å². The zero-order valence-corrected chi connectivity index (χ0v) is 10.5. The summed E-state index contributed by atoms with van der Waals surface area (Å²) in [7, 11) is 0. The maximum atomic E-state index is 11.7. The Bertz CT molecular complexity index is 353. The Morgan fingerprint density at radius 2 is 2.06 bits per heavy atom. The number of hydrogen-bond acceptors (Lipinski definition) is 3. The van der Waals surface area contributed by atoms with Gasteiger partial charge >= 0.3 is 101 Å². The monoisotopic (exact) mass is 286 g/mol. The van der Waals surface area contributed by atoms with Crippen molar-refractivity contribution in [3.8, 4) is 0 Å². The minimum absolute atomic E-state index is 0.0118. The predicted octanol–water partition coefficient (Wildman–Crippen LogP) is 0.502. The molecule has 4 heteroatoms. The van der Waals surface area contributed by atoms with E-state index in [9.17, 15) is 4.79 Å². The topological polar surface area (TPSA) is 46.5 Å². The third-order valence-corrected chi connectivity index (χ3v) is 5.16. The van der Waals surface area contributed by atoms with Crippen LogP contribution in [0.1, 0.15) is 12.8 Å². The summed E-state index contributed by atoms with van der Waals surface area (Å²) in [6.07, 6.45) is 1.33. The average Bonchev–Trinajstić information content (AvgIpc) is 2.33. The summed E-state index contributed by atoms with van der Waals surface area (Å²) in [5.41, 5.74) is 0. The van der Waals surface area contributed by atoms with Gasteiger partial charge in [0.05, 0.1) is 0 Å². The van der Waals surface area contributed by atoms with Gasteiger partial charge in [-0.05, 0) is 0 Å². The fourth-order valence-electron chi connectivity index (χ4n) is 1.65. The Labute approximate surface area is 101 Å². The Morgan fingerprint density at radius 3 is 2.69 bits per heavy atom. The minimum atomic E-state index is -0.282. The number of aliphatic hydroxyl groups excluding tert-OH is 1. The molecule has 1 unspecified atom stereocenters. The van der Waals surface area contributed by atoms with Gasteiger partial charge in [-0.2, -0.15) is 0 Å². The summed E-state index contributed by atoms with van der Waals surface area (Å²) in [4.78, 5) is 11.7. The van der Waals surface area contributed by atoms with Gasteiger partial charge in [0, 0.05) is 0 Å². The summed E-state index contributed by atoms with van der Waals surface area (Å²) in [6, 6.07) is 10.0. The maximum absolute atomic E-state index is 11.7. The molecule has 0 aromatic heterocycles. The van der Waals surface area contributed by atoms with Crippen molar-refractivity contribution in [1.29, 1.82) is 0 Å². The fourth-order valence-corrected chi connectivity index (χ4v) is 3.85. The van der Waals surface area contributed by atoms with E-state index in [0.717, 1.165) is 12.8 Å². The molecule has 2 atom stereocenters. The predicted molar refractivity (Wildman–Crippen MR) is 61.8 cm³/mol. The first kappa shape index (κ1) is 11.6. The zero-order chi connectivity index (χ0) is 11.4. The van der Waals surface area contributed by atoms with Crippen molar-refractivity contribution >= 4 is 25.4 Å². The molecule has 1 aromatic carbocycles. The zero-order valence-electron chi connectivity index (χ0n) is 8.83. The van der Waals surface area contributed by atoms with E-state index in [1.165, 1.54) is 4.46 Å². The van der Waals surface area contributed by atoms with E-state index in [2.05, 4.69) is 0 Å². The molecule has 1 N–H and O–H groups in total. The van der Waals surface area contributed by atoms with Gasteiger partial charge in [-0.3, -0.25) is 0 Å². The van der Waals surface area contributed by atoms with Crippen LogP contribution >= 0.6 is 0 Å². The van der Waals surface area contributed by atoms with Gasteiger partial charge in [-0.1, -0.05) is 0 Å². The van der Waals surface area contributed by atoms with Crippen molar-refractivity contribution in [1.82, 2.24) is 0 Å². The molecule has 1 heterocycles. The van der Waals surface area contributed by atoms with E-state index in [0.29, 0.717) is 0 Å². The molecule has 0 radical (unpaired) electrons. The molecule has 0 spiro atoms. The molecule has 2 rings (SSSR count). The number of esters is 1. The molecule has 1 fully saturated rings. The number of benzene rings is 1. The van der Waals surface area contributed by atoms with Gasteiger partial charge in [-0.25, -0.2) is 0 Å². The molecular weight excluding hydrogens is 271 g/mol. The van der Waals surface area contributed by atoms with Crippen LogP contribution in [-0.4, -0.2) is 38.7 Å². The Morgan fingerprint density at radius 1 is 1.31 bits per heavy atom. The van der Waals surface area contributed by atoms with Crippen LogP contribution in [-0.2, 0) is 9.53 Å². The summed E-state index contributed by atoms with van der Waals surface area (Å²) >= 11 is 0.138. The number of aliphatic hydroxyl groups is 1. The summed E-state index contributed by atoms with van der Waals surface area (Å²) in [6.45, 7) is -0.0587. The second kappa shape index (κ2) is 5.48. The third-order valence-electron chi connectivity index (χ3n) is 2.52. The van der Waals surface area contributed by atoms with Crippen molar-refractivity contribution in [3.05, 3.63) is 30.3 Å². The molecule has 86 valence electrons. The molecule has 0 bridgehead atoms. The van der Waals surface area contributed by atoms with Gasteiger partial charge in [-0.15, -0.1) is 0 Å². The number of carbonyl (C=O) groups is 1. The second-order valence-corrected chi connectivity index (χ2v) is 6.42. The van der Waals surface area contributed by atoms with Crippen LogP contribution < -0.4 is 4.46 Å². The van der Waals surface area contributed by atoms with E-state index in [4.69, 9.17) is 9.84 Å². The molecule has 1 aliphatic heterocycles. The molecule has 0 amide bonds. The number of rotatable bonds is 3. The Kier molecular flexibility index (Phi) is 3.99. The third kappa shape index (κ3) is 2.85. The van der Waals surface area contributed by atoms with Crippen LogP contribution in [0.2, 0.25) is 4.82 Å². The van der Waals surface area contributed by atoms with Crippen LogP contribution in [0.3, 0.4) is 0 Å². The summed E-state index contributed by atoms with van der Waals surface area (Å²) < 4.78 is 6.37. The summed E-state index contributed by atoms with van der Waals surface area (Å²) in [5, 5.41) is 8.91. The van der Waals surface area contributed by atoms with E-state index in [-0.39, 0.29) is 38.5 Å². The SMILES string of the molecule is O=C1O[C@@H](CO)CCC1[Se]c1ccccc1. The number of ether oxygens (including phenoxy) is 1. The van der Waals surface area contributed by atoms with Crippen molar-refractivity contribution in [3.63, 3.8) is 0 Å². The van der Waals surface area contributed by atoms with E-state index < -0.39 is 0 Å². The van der Waals surface area contributed by atoms with Gasteiger partial charge in [0.1, 0.15) is 0 Å². The standard InChI is InChI=1S/C12H14O3Se/c13-8-9-6-7-11(12(14)15-9)16-10-4-2-1-3-5-10/h1-5,9,11,13H,6-8H2/t9-,11?/m1/s1. The summed E-state index contributed by atoms with van der Waals surface area (Å²) in [5.74, 6) is -0.144.